The molecule has 0 bridgehead atoms. The highest BCUT2D eigenvalue weighted by Crippen LogP contribution is 2.39. The number of hydrogen-bond donors (Lipinski definition) is 0. The lowest BCUT2D eigenvalue weighted by Crippen LogP contribution is -2.06. The fraction of sp³-hybridized carbons (Fsp3) is 0. The van der Waals surface area contributed by atoms with Crippen LogP contribution in [0.25, 0.3) is 94.7 Å². The van der Waals surface area contributed by atoms with E-state index in [2.05, 4.69) is 120 Å². The number of aromatic nitrogens is 4. The first-order chi connectivity index (χ1) is 24.8. The van der Waals surface area contributed by atoms with E-state index in [0.29, 0.717) is 17.6 Å². The van der Waals surface area contributed by atoms with E-state index in [9.17, 15) is 0 Å². The average Bonchev–Trinajstić information content (AvgIpc) is 3.74. The summed E-state index contributed by atoms with van der Waals surface area (Å²) in [6.45, 7) is 0. The van der Waals surface area contributed by atoms with Crippen LogP contribution >= 0.6 is 0 Å². The highest BCUT2D eigenvalue weighted by molar-refractivity contribution is 6.13. The molecule has 0 aliphatic carbocycles. The largest absolute Gasteiger partial charge is 0.456 e. The number of benzene rings is 7. The van der Waals surface area contributed by atoms with E-state index in [4.69, 9.17) is 19.4 Å². The summed E-state index contributed by atoms with van der Waals surface area (Å²) in [5.74, 6) is 1.73. The Kier molecular flexibility index (Phi) is 6.42. The number of furan rings is 1. The Morgan fingerprint density at radius 1 is 0.380 bits per heavy atom. The molecule has 5 nitrogen and oxygen atoms in total. The Balaban J connectivity index is 1.21. The second-order valence-corrected chi connectivity index (χ2v) is 12.5. The maximum atomic E-state index is 6.49. The van der Waals surface area contributed by atoms with Gasteiger partial charge in [0.25, 0.3) is 0 Å². The van der Waals surface area contributed by atoms with E-state index in [1.54, 1.807) is 0 Å². The Hall–Kier alpha value is -6.85. The van der Waals surface area contributed by atoms with Crippen molar-refractivity contribution >= 4 is 43.7 Å². The van der Waals surface area contributed by atoms with Crippen LogP contribution in [0, 0.1) is 0 Å². The fourth-order valence-corrected chi connectivity index (χ4v) is 7.13. The zero-order chi connectivity index (χ0) is 33.0. The van der Waals surface area contributed by atoms with Crippen molar-refractivity contribution in [1.29, 1.82) is 0 Å². The molecule has 50 heavy (non-hydrogen) atoms. The van der Waals surface area contributed by atoms with Crippen molar-refractivity contribution in [3.63, 3.8) is 0 Å². The summed E-state index contributed by atoms with van der Waals surface area (Å²) < 4.78 is 8.66. The molecule has 0 amide bonds. The van der Waals surface area contributed by atoms with Crippen LogP contribution in [0.4, 0.5) is 0 Å². The molecule has 0 aliphatic heterocycles. The minimum absolute atomic E-state index is 0.557. The zero-order valence-corrected chi connectivity index (χ0v) is 26.9. The summed E-state index contributed by atoms with van der Waals surface area (Å²) in [4.78, 5) is 15.4. The molecule has 0 atom stereocenters. The molecule has 0 saturated heterocycles. The van der Waals surface area contributed by atoms with Crippen molar-refractivity contribution < 1.29 is 4.42 Å². The maximum Gasteiger partial charge on any atom is 0.238 e. The normalized spacial score (nSPS) is 11.6. The van der Waals surface area contributed by atoms with Gasteiger partial charge in [0.15, 0.2) is 11.6 Å². The lowest BCUT2D eigenvalue weighted by Gasteiger charge is -2.11. The molecule has 0 saturated carbocycles. The molecular weight excluding hydrogens is 613 g/mol. The van der Waals surface area contributed by atoms with Gasteiger partial charge < -0.3 is 4.42 Å². The molecule has 234 valence electrons. The van der Waals surface area contributed by atoms with Crippen molar-refractivity contribution in [2.24, 2.45) is 0 Å². The molecule has 3 aromatic heterocycles. The standard InChI is InChI=1S/C45H28N4O/c1-4-13-29(14-5-1)32-23-25-36-35-19-10-11-21-38(35)49(39(36)27-32)45-47-43(31-17-8-3-9-18-31)46-44(48-45)33-24-26-37-41(28-33)50-40-22-12-20-34(42(37)40)30-15-6-2-7-16-30/h1-28H. The highest BCUT2D eigenvalue weighted by atomic mass is 16.3. The number of fused-ring (bicyclic) bond motifs is 6. The van der Waals surface area contributed by atoms with Gasteiger partial charge in [-0.15, -0.1) is 0 Å². The molecule has 5 heteroatoms. The topological polar surface area (TPSA) is 56.7 Å². The van der Waals surface area contributed by atoms with Gasteiger partial charge in [0.1, 0.15) is 11.2 Å². The molecule has 0 unspecified atom stereocenters. The van der Waals surface area contributed by atoms with Gasteiger partial charge in [-0.05, 0) is 52.6 Å². The second-order valence-electron chi connectivity index (χ2n) is 12.5. The molecule has 7 aromatic carbocycles. The van der Waals surface area contributed by atoms with Crippen LogP contribution in [0.1, 0.15) is 0 Å². The van der Waals surface area contributed by atoms with E-state index in [0.717, 1.165) is 77.1 Å². The molecular formula is C45H28N4O. The predicted octanol–water partition coefficient (Wildman–Crippen LogP) is 11.5. The smallest absolute Gasteiger partial charge is 0.238 e. The van der Waals surface area contributed by atoms with Crippen molar-refractivity contribution in [2.45, 2.75) is 0 Å². The van der Waals surface area contributed by atoms with Gasteiger partial charge in [0.2, 0.25) is 5.95 Å². The minimum atomic E-state index is 0.557. The Labute approximate surface area is 287 Å². The first-order valence-electron chi connectivity index (χ1n) is 16.7. The van der Waals surface area contributed by atoms with Crippen LogP contribution in [-0.2, 0) is 0 Å². The van der Waals surface area contributed by atoms with Gasteiger partial charge >= 0.3 is 0 Å². The number of hydrogen-bond acceptors (Lipinski definition) is 4. The van der Waals surface area contributed by atoms with Crippen LogP contribution in [0.3, 0.4) is 0 Å². The maximum absolute atomic E-state index is 6.49. The molecule has 0 fully saturated rings. The quantitative estimate of drug-likeness (QED) is 0.188. The van der Waals surface area contributed by atoms with Gasteiger partial charge in [-0.2, -0.15) is 9.97 Å². The van der Waals surface area contributed by atoms with E-state index in [-0.39, 0.29) is 0 Å². The summed E-state index contributed by atoms with van der Waals surface area (Å²) in [6.07, 6.45) is 0. The third-order valence-corrected chi connectivity index (χ3v) is 9.48. The van der Waals surface area contributed by atoms with Crippen LogP contribution in [-0.4, -0.2) is 19.5 Å². The second kappa shape index (κ2) is 11.4. The summed E-state index contributed by atoms with van der Waals surface area (Å²) in [6, 6.07) is 58.6. The predicted molar refractivity (Wildman–Crippen MR) is 203 cm³/mol. The van der Waals surface area contributed by atoms with Crippen molar-refractivity contribution in [3.05, 3.63) is 170 Å². The van der Waals surface area contributed by atoms with E-state index < -0.39 is 0 Å². The number of nitrogens with zero attached hydrogens (tertiary/aromatic N) is 4. The Morgan fingerprint density at radius 3 is 1.78 bits per heavy atom. The third kappa shape index (κ3) is 4.60. The van der Waals surface area contributed by atoms with Gasteiger partial charge in [-0.25, -0.2) is 4.98 Å². The van der Waals surface area contributed by atoms with Crippen LogP contribution in [0.5, 0.6) is 0 Å². The van der Waals surface area contributed by atoms with E-state index in [1.807, 2.05) is 54.6 Å². The van der Waals surface area contributed by atoms with E-state index >= 15 is 0 Å². The lowest BCUT2D eigenvalue weighted by atomic mass is 9.99. The third-order valence-electron chi connectivity index (χ3n) is 9.48. The number of para-hydroxylation sites is 1. The van der Waals surface area contributed by atoms with Gasteiger partial charge in [-0.3, -0.25) is 4.57 Å². The van der Waals surface area contributed by atoms with Crippen molar-refractivity contribution in [1.82, 2.24) is 19.5 Å². The van der Waals surface area contributed by atoms with Gasteiger partial charge in [0.05, 0.1) is 11.0 Å². The minimum Gasteiger partial charge on any atom is -0.456 e. The zero-order valence-electron chi connectivity index (χ0n) is 26.9. The van der Waals surface area contributed by atoms with E-state index in [1.165, 1.54) is 0 Å². The molecule has 0 spiro atoms. The summed E-state index contributed by atoms with van der Waals surface area (Å²) in [7, 11) is 0. The summed E-state index contributed by atoms with van der Waals surface area (Å²) >= 11 is 0. The molecule has 3 heterocycles. The van der Waals surface area contributed by atoms with Crippen LogP contribution in [0.15, 0.2) is 174 Å². The Morgan fingerprint density at radius 2 is 1.00 bits per heavy atom. The first kappa shape index (κ1) is 28.2. The molecule has 0 radical (unpaired) electrons. The molecule has 0 aliphatic rings. The highest BCUT2D eigenvalue weighted by Gasteiger charge is 2.20. The average molecular weight is 641 g/mol. The van der Waals surface area contributed by atoms with Crippen molar-refractivity contribution in [2.75, 3.05) is 0 Å². The van der Waals surface area contributed by atoms with Gasteiger partial charge in [-0.1, -0.05) is 140 Å². The molecule has 10 aromatic rings. The number of rotatable bonds is 5. The summed E-state index contributed by atoms with van der Waals surface area (Å²) in [5, 5.41) is 4.43. The molecule has 10 rings (SSSR count). The fourth-order valence-electron chi connectivity index (χ4n) is 7.13. The Bertz CT molecular complexity index is 2860. The van der Waals surface area contributed by atoms with Crippen LogP contribution < -0.4 is 0 Å². The van der Waals surface area contributed by atoms with Crippen LogP contribution in [0.2, 0.25) is 0 Å². The lowest BCUT2D eigenvalue weighted by molar-refractivity contribution is 0.669. The van der Waals surface area contributed by atoms with Crippen molar-refractivity contribution in [3.8, 4) is 51.0 Å². The van der Waals surface area contributed by atoms with Gasteiger partial charge in [0, 0.05) is 32.7 Å². The SMILES string of the molecule is c1ccc(-c2ccc3c4ccccc4n(-c4nc(-c5ccccc5)nc(-c5ccc6c(c5)oc5cccc(-c7ccccc7)c56)n4)c3c2)cc1. The summed E-state index contributed by atoms with van der Waals surface area (Å²) in [5.41, 5.74) is 10.0. The first-order valence-corrected chi connectivity index (χ1v) is 16.7. The molecule has 0 N–H and O–H groups in total. The monoisotopic (exact) mass is 640 g/mol.